The molecule has 4 rings (SSSR count). The number of aliphatic hydroxyl groups is 1. The number of aliphatic imine (C=N–C) groups is 1. The molecule has 4 unspecified atom stereocenters. The molecular weight excluding hydrogens is 330 g/mol. The van der Waals surface area contributed by atoms with Gasteiger partial charge in [0.05, 0.1) is 18.8 Å². The second-order valence-electron chi connectivity index (χ2n) is 8.99. The Balaban J connectivity index is 1.17. The number of hydrogen-bond donors (Lipinski definition) is 2. The number of fused-ring (bicyclic) bond motifs is 1. The summed E-state index contributed by atoms with van der Waals surface area (Å²) in [5, 5.41) is 12.3. The van der Waals surface area contributed by atoms with Crippen LogP contribution < -0.4 is 5.32 Å². The van der Waals surface area contributed by atoms with Crippen LogP contribution in [0.2, 0.25) is 0 Å². The third-order valence-electron chi connectivity index (χ3n) is 7.54. The molecule has 4 aliphatic rings. The zero-order valence-electron chi connectivity index (χ0n) is 15.7. The van der Waals surface area contributed by atoms with Crippen LogP contribution >= 0.6 is 0 Å². The summed E-state index contributed by atoms with van der Waals surface area (Å²) in [7, 11) is 0. The summed E-state index contributed by atoms with van der Waals surface area (Å²) in [4.78, 5) is 17.7. The highest BCUT2D eigenvalue weighted by Gasteiger charge is 2.87. The van der Waals surface area contributed by atoms with E-state index in [0.29, 0.717) is 35.8 Å². The van der Waals surface area contributed by atoms with Crippen LogP contribution in [0.5, 0.6) is 0 Å². The van der Waals surface area contributed by atoms with Crippen molar-refractivity contribution >= 4 is 12.6 Å². The largest absolute Gasteiger partial charge is 0.396 e. The van der Waals surface area contributed by atoms with Crippen LogP contribution in [0, 0.1) is 22.7 Å². The average Bonchev–Trinajstić information content (AvgIpc) is 3.58. The van der Waals surface area contributed by atoms with Crippen molar-refractivity contribution in [2.45, 2.75) is 44.6 Å². The van der Waals surface area contributed by atoms with Crippen molar-refractivity contribution in [1.82, 2.24) is 10.2 Å². The van der Waals surface area contributed by atoms with Crippen LogP contribution in [0.3, 0.4) is 0 Å². The van der Waals surface area contributed by atoms with Crippen molar-refractivity contribution < 1.29 is 14.6 Å². The van der Waals surface area contributed by atoms with E-state index in [4.69, 9.17) is 4.74 Å². The van der Waals surface area contributed by atoms with Gasteiger partial charge in [-0.15, -0.1) is 0 Å². The fourth-order valence-electron chi connectivity index (χ4n) is 5.43. The number of amides is 1. The lowest BCUT2D eigenvalue weighted by molar-refractivity contribution is -0.136. The maximum Gasteiger partial charge on any atom is 0.241 e. The van der Waals surface area contributed by atoms with Crippen LogP contribution in [-0.2, 0) is 9.53 Å². The first kappa shape index (κ1) is 18.0. The Bertz CT molecular complexity index is 613. The van der Waals surface area contributed by atoms with Crippen LogP contribution in [0.4, 0.5) is 0 Å². The van der Waals surface area contributed by atoms with Gasteiger partial charge in [-0.3, -0.25) is 9.79 Å². The average molecular weight is 361 g/mol. The van der Waals surface area contributed by atoms with E-state index in [1.54, 1.807) is 6.20 Å². The molecule has 4 atom stereocenters. The van der Waals surface area contributed by atoms with Crippen molar-refractivity contribution in [1.29, 1.82) is 0 Å². The molecule has 1 aliphatic heterocycles. The van der Waals surface area contributed by atoms with Gasteiger partial charge in [-0.2, -0.15) is 0 Å². The molecule has 6 heteroatoms. The molecule has 3 saturated carbocycles. The highest BCUT2D eigenvalue weighted by atomic mass is 16.5. The number of likely N-dealkylation sites (tertiary alicyclic amines) is 1. The van der Waals surface area contributed by atoms with Gasteiger partial charge < -0.3 is 20.1 Å². The van der Waals surface area contributed by atoms with Crippen molar-refractivity contribution in [2.24, 2.45) is 27.7 Å². The van der Waals surface area contributed by atoms with E-state index in [1.807, 2.05) is 4.90 Å². The molecule has 0 bridgehead atoms. The molecular formula is C20H31N3O3. The fourth-order valence-corrected chi connectivity index (χ4v) is 5.43. The quantitative estimate of drug-likeness (QED) is 0.644. The molecule has 0 aromatic carbocycles. The van der Waals surface area contributed by atoms with Gasteiger partial charge in [-0.25, -0.2) is 0 Å². The van der Waals surface area contributed by atoms with Crippen LogP contribution in [-0.4, -0.2) is 61.1 Å². The Kier molecular flexibility index (Phi) is 4.39. The van der Waals surface area contributed by atoms with Crippen molar-refractivity contribution in [3.05, 3.63) is 12.4 Å². The van der Waals surface area contributed by atoms with Crippen molar-refractivity contribution in [2.75, 3.05) is 32.8 Å². The van der Waals surface area contributed by atoms with Gasteiger partial charge in [-0.05, 0) is 68.4 Å². The number of nitrogens with one attached hydrogen (secondary N) is 1. The number of nitrogens with zero attached hydrogens (tertiary/aromatic N) is 2. The summed E-state index contributed by atoms with van der Waals surface area (Å²) in [6, 6.07) is 0. The highest BCUT2D eigenvalue weighted by molar-refractivity contribution is 5.78. The molecule has 6 nitrogen and oxygen atoms in total. The normalized spacial score (nSPS) is 39.4. The number of carbonyl (C=O) groups excluding carboxylic acids is 1. The molecule has 26 heavy (non-hydrogen) atoms. The molecule has 2 spiro atoms. The molecule has 0 aromatic rings. The second-order valence-corrected chi connectivity index (χ2v) is 8.99. The van der Waals surface area contributed by atoms with E-state index in [-0.39, 0.29) is 11.5 Å². The fraction of sp³-hybridized carbons (Fsp3) is 0.800. The number of carbonyl (C=O) groups is 1. The van der Waals surface area contributed by atoms with E-state index in [2.05, 4.69) is 24.0 Å². The second kappa shape index (κ2) is 6.34. The summed E-state index contributed by atoms with van der Waals surface area (Å²) < 4.78 is 6.35. The molecule has 3 aliphatic carbocycles. The Morgan fingerprint density at radius 2 is 2.04 bits per heavy atom. The summed E-state index contributed by atoms with van der Waals surface area (Å²) in [6.45, 7) is 8.57. The number of hydrogen-bond acceptors (Lipinski definition) is 5. The number of aliphatic hydroxyl groups excluding tert-OH is 1. The van der Waals surface area contributed by atoms with E-state index in [9.17, 15) is 9.90 Å². The lowest BCUT2D eigenvalue weighted by Crippen LogP contribution is -2.48. The van der Waals surface area contributed by atoms with E-state index < -0.39 is 0 Å². The summed E-state index contributed by atoms with van der Waals surface area (Å²) in [5.74, 6) is 1.39. The summed E-state index contributed by atoms with van der Waals surface area (Å²) in [5.41, 5.74) is 0.935. The van der Waals surface area contributed by atoms with Gasteiger partial charge in [0.1, 0.15) is 0 Å². The number of rotatable bonds is 8. The Labute approximate surface area is 155 Å². The third kappa shape index (κ3) is 2.97. The first-order valence-corrected chi connectivity index (χ1v) is 9.85. The van der Waals surface area contributed by atoms with Crippen molar-refractivity contribution in [3.8, 4) is 0 Å². The highest BCUT2D eigenvalue weighted by Crippen LogP contribution is 2.93. The van der Waals surface area contributed by atoms with Crippen LogP contribution in [0.15, 0.2) is 17.4 Å². The van der Waals surface area contributed by atoms with Gasteiger partial charge in [0, 0.05) is 32.1 Å². The van der Waals surface area contributed by atoms with E-state index >= 15 is 0 Å². The predicted molar refractivity (Wildman–Crippen MR) is 99.6 cm³/mol. The van der Waals surface area contributed by atoms with Gasteiger partial charge in [-0.1, -0.05) is 0 Å². The molecule has 0 aromatic heterocycles. The molecule has 1 saturated heterocycles. The Morgan fingerprint density at radius 1 is 1.35 bits per heavy atom. The molecule has 2 N–H and O–H groups in total. The minimum Gasteiger partial charge on any atom is -0.396 e. The van der Waals surface area contributed by atoms with Gasteiger partial charge in [0.25, 0.3) is 0 Å². The monoisotopic (exact) mass is 361 g/mol. The van der Waals surface area contributed by atoms with Gasteiger partial charge >= 0.3 is 0 Å². The van der Waals surface area contributed by atoms with Crippen molar-refractivity contribution in [3.63, 3.8) is 0 Å². The lowest BCUT2D eigenvalue weighted by Gasteiger charge is -2.39. The minimum atomic E-state index is -0.108. The third-order valence-corrected chi connectivity index (χ3v) is 7.54. The SMILES string of the molecule is C=N/C=C\NCC(=O)N1CCC(C)(OCC2CC23CC32CC2CO)CC1. The number of piperidine rings is 1. The van der Waals surface area contributed by atoms with Gasteiger partial charge in [0.15, 0.2) is 0 Å². The van der Waals surface area contributed by atoms with E-state index in [0.717, 1.165) is 32.5 Å². The Hall–Kier alpha value is -1.40. The first-order valence-electron chi connectivity index (χ1n) is 9.85. The zero-order chi connectivity index (χ0) is 18.4. The lowest BCUT2D eigenvalue weighted by atomic mass is 9.93. The Morgan fingerprint density at radius 3 is 2.69 bits per heavy atom. The number of ether oxygens (including phenoxy) is 1. The molecule has 1 heterocycles. The maximum atomic E-state index is 12.2. The zero-order valence-corrected chi connectivity index (χ0v) is 15.7. The minimum absolute atomic E-state index is 0.108. The van der Waals surface area contributed by atoms with Crippen LogP contribution in [0.25, 0.3) is 0 Å². The first-order chi connectivity index (χ1) is 12.5. The predicted octanol–water partition coefficient (Wildman–Crippen LogP) is 1.55. The smallest absolute Gasteiger partial charge is 0.241 e. The topological polar surface area (TPSA) is 74.2 Å². The molecule has 4 fully saturated rings. The molecule has 1 amide bonds. The molecule has 144 valence electrons. The summed E-state index contributed by atoms with van der Waals surface area (Å²) in [6.07, 6.45) is 8.82. The van der Waals surface area contributed by atoms with Gasteiger partial charge in [0.2, 0.25) is 5.91 Å². The van der Waals surface area contributed by atoms with Crippen LogP contribution in [0.1, 0.15) is 39.0 Å². The van der Waals surface area contributed by atoms with E-state index in [1.165, 1.54) is 25.5 Å². The molecule has 0 radical (unpaired) electrons. The maximum absolute atomic E-state index is 12.2. The summed E-state index contributed by atoms with van der Waals surface area (Å²) >= 11 is 0. The standard InChI is InChI=1S/C20H31N3O3/c1-18(3-7-23(8-4-18)17(25)11-22-6-5-21-2)26-13-16-10-20(16)14-19(20)9-15(19)12-24/h5-6,15-16,22,24H,2-4,7-14H2,1H3/b6-5-.